The second-order valence-electron chi connectivity index (χ2n) is 5.43. The van der Waals surface area contributed by atoms with Crippen molar-refractivity contribution in [2.24, 2.45) is 12.2 Å². The molecule has 0 radical (unpaired) electrons. The summed E-state index contributed by atoms with van der Waals surface area (Å²) >= 11 is 12.4. The molecule has 1 aromatic carbocycles. The summed E-state index contributed by atoms with van der Waals surface area (Å²) in [4.78, 5) is 4.63. The molecule has 0 fully saturated rings. The summed E-state index contributed by atoms with van der Waals surface area (Å²) in [6, 6.07) is 3.08. The monoisotopic (exact) mass is 437 g/mol. The largest absolute Gasteiger partial charge is 0.478 e. The van der Waals surface area contributed by atoms with Crippen molar-refractivity contribution in [3.05, 3.63) is 39.1 Å². The third-order valence-electron chi connectivity index (χ3n) is 3.59. The molecule has 11 heteroatoms. The number of hydrogen-bond donors (Lipinski definition) is 0. The van der Waals surface area contributed by atoms with Crippen LogP contribution in [0.2, 0.25) is 5.02 Å². The number of hydrogen-bond acceptors (Lipinski definition) is 5. The molecular weight excluding hydrogens is 422 g/mol. The topological polar surface area (TPSA) is 57.9 Å². The molecule has 0 unspecified atom stereocenters. The number of nitrogens with zero attached hydrogens (tertiary/aromatic N) is 3. The molecule has 28 heavy (non-hydrogen) atoms. The first-order valence-electron chi connectivity index (χ1n) is 7.70. The highest BCUT2D eigenvalue weighted by atomic mass is 35.5. The van der Waals surface area contributed by atoms with Gasteiger partial charge in [-0.15, -0.1) is 0 Å². The molecule has 1 heterocycles. The van der Waals surface area contributed by atoms with E-state index in [1.54, 1.807) is 13.0 Å². The van der Waals surface area contributed by atoms with Crippen LogP contribution in [0.1, 0.15) is 11.1 Å². The summed E-state index contributed by atoms with van der Waals surface area (Å²) in [6.07, 6.45) is 1.44. The Kier molecular flexibility index (Phi) is 7.20. The Morgan fingerprint density at radius 1 is 1.32 bits per heavy atom. The molecule has 0 saturated carbocycles. The summed E-state index contributed by atoms with van der Waals surface area (Å²) in [5, 5.41) is 7.94. The highest BCUT2D eigenvalue weighted by Crippen LogP contribution is 2.34. The molecule has 2 aromatic rings. The summed E-state index contributed by atoms with van der Waals surface area (Å²) in [5.74, 6) is -1.70. The number of aromatic nitrogens is 2. The number of ether oxygens (including phenoxy) is 2. The summed E-state index contributed by atoms with van der Waals surface area (Å²) in [7, 11) is 3.96. The highest BCUT2D eigenvalue weighted by Gasteiger charge is 2.23. The fourth-order valence-electron chi connectivity index (χ4n) is 2.38. The van der Waals surface area contributed by atoms with Crippen molar-refractivity contribution >= 4 is 35.2 Å². The van der Waals surface area contributed by atoms with Crippen LogP contribution in [0.15, 0.2) is 22.3 Å². The van der Waals surface area contributed by atoms with Crippen LogP contribution in [0.4, 0.5) is 13.2 Å². The third kappa shape index (κ3) is 4.71. The minimum atomic E-state index is -3.19. The molecule has 0 aliphatic carbocycles. The molecule has 0 aliphatic heterocycles. The second-order valence-corrected chi connectivity index (χ2v) is 6.25. The third-order valence-corrected chi connectivity index (χ3v) is 4.19. The Hall–Kier alpha value is -2.39. The molecule has 0 amide bonds. The van der Waals surface area contributed by atoms with Crippen LogP contribution >= 0.6 is 23.2 Å². The van der Waals surface area contributed by atoms with Crippen LogP contribution < -0.4 is 4.74 Å². The van der Waals surface area contributed by atoms with E-state index in [9.17, 15) is 13.2 Å². The maximum absolute atomic E-state index is 14.6. The molecule has 0 spiro atoms. The van der Waals surface area contributed by atoms with E-state index in [2.05, 4.69) is 19.8 Å². The molecule has 0 atom stereocenters. The fraction of sp³-hybridized carbons (Fsp3) is 0.294. The van der Waals surface area contributed by atoms with Gasteiger partial charge in [-0.2, -0.15) is 18.3 Å². The van der Waals surface area contributed by atoms with Gasteiger partial charge in [-0.05, 0) is 41.4 Å². The van der Waals surface area contributed by atoms with Crippen molar-refractivity contribution in [3.8, 4) is 17.1 Å². The van der Waals surface area contributed by atoms with Gasteiger partial charge in [0.1, 0.15) is 17.8 Å². The lowest BCUT2D eigenvalue weighted by Crippen LogP contribution is -2.07. The number of rotatable bonds is 6. The zero-order valence-corrected chi connectivity index (χ0v) is 16.8. The quantitative estimate of drug-likeness (QED) is 0.363. The standard InChI is InChI=1S/C17H16Cl2F3N3O3/c1-8-5-11(18)9(7-12(19)15(26-3)24-27-4)6-10(8)14-13(20)16(25(2)23-14)28-17(21)22/h5-7,17H,1-4H3/b12-7+,24-15-. The minimum Gasteiger partial charge on any atom is -0.478 e. The molecule has 0 aliphatic rings. The molecule has 1 aromatic heterocycles. The Labute approximate surface area is 169 Å². The van der Waals surface area contributed by atoms with Crippen molar-refractivity contribution in [3.63, 3.8) is 0 Å². The van der Waals surface area contributed by atoms with Gasteiger partial charge < -0.3 is 14.3 Å². The molecule has 0 saturated heterocycles. The first kappa shape index (κ1) is 21.9. The van der Waals surface area contributed by atoms with Crippen LogP contribution in [0.25, 0.3) is 17.3 Å². The van der Waals surface area contributed by atoms with Crippen molar-refractivity contribution in [1.29, 1.82) is 0 Å². The van der Waals surface area contributed by atoms with Gasteiger partial charge in [0, 0.05) is 17.6 Å². The fourth-order valence-corrected chi connectivity index (χ4v) is 2.88. The Morgan fingerprint density at radius 3 is 2.57 bits per heavy atom. The van der Waals surface area contributed by atoms with Gasteiger partial charge in [0.25, 0.3) is 11.8 Å². The number of oxime groups is 1. The van der Waals surface area contributed by atoms with E-state index in [1.165, 1.54) is 33.4 Å². The van der Waals surface area contributed by atoms with Gasteiger partial charge in [-0.3, -0.25) is 0 Å². The molecular formula is C17H16Cl2F3N3O3. The van der Waals surface area contributed by atoms with E-state index < -0.39 is 18.3 Å². The van der Waals surface area contributed by atoms with Gasteiger partial charge in [0.05, 0.1) is 7.11 Å². The number of alkyl halides is 2. The molecule has 0 bridgehead atoms. The van der Waals surface area contributed by atoms with E-state index in [4.69, 9.17) is 27.9 Å². The van der Waals surface area contributed by atoms with Gasteiger partial charge in [-0.1, -0.05) is 23.2 Å². The van der Waals surface area contributed by atoms with Crippen molar-refractivity contribution in [2.45, 2.75) is 13.5 Å². The van der Waals surface area contributed by atoms with E-state index in [0.717, 1.165) is 4.68 Å². The van der Waals surface area contributed by atoms with Crippen LogP contribution in [-0.4, -0.2) is 36.5 Å². The maximum Gasteiger partial charge on any atom is 0.388 e. The van der Waals surface area contributed by atoms with Gasteiger partial charge in [-0.25, -0.2) is 4.68 Å². The van der Waals surface area contributed by atoms with Crippen molar-refractivity contribution in [2.75, 3.05) is 14.2 Å². The predicted molar refractivity (Wildman–Crippen MR) is 100 cm³/mol. The molecule has 2 rings (SSSR count). The summed E-state index contributed by atoms with van der Waals surface area (Å²) < 4.78 is 49.7. The van der Waals surface area contributed by atoms with E-state index in [-0.39, 0.29) is 16.6 Å². The Morgan fingerprint density at radius 2 is 2.00 bits per heavy atom. The zero-order valence-electron chi connectivity index (χ0n) is 15.3. The lowest BCUT2D eigenvalue weighted by atomic mass is 10.0. The smallest absolute Gasteiger partial charge is 0.388 e. The predicted octanol–water partition coefficient (Wildman–Crippen LogP) is 4.98. The minimum absolute atomic E-state index is 0.000931. The second kappa shape index (κ2) is 9.20. The van der Waals surface area contributed by atoms with Crippen LogP contribution in [0, 0.1) is 12.7 Å². The normalized spacial score (nSPS) is 12.5. The highest BCUT2D eigenvalue weighted by molar-refractivity contribution is 6.44. The zero-order chi connectivity index (χ0) is 21.0. The first-order valence-corrected chi connectivity index (χ1v) is 8.45. The van der Waals surface area contributed by atoms with Crippen LogP contribution in [0.5, 0.6) is 5.88 Å². The number of benzene rings is 1. The van der Waals surface area contributed by atoms with Crippen molar-refractivity contribution in [1.82, 2.24) is 9.78 Å². The van der Waals surface area contributed by atoms with Gasteiger partial charge in [0.2, 0.25) is 5.82 Å². The van der Waals surface area contributed by atoms with Gasteiger partial charge >= 0.3 is 6.61 Å². The molecule has 0 N–H and O–H groups in total. The summed E-state index contributed by atoms with van der Waals surface area (Å²) in [6.45, 7) is -1.51. The average molecular weight is 438 g/mol. The number of halogens is 5. The van der Waals surface area contributed by atoms with E-state index >= 15 is 0 Å². The molecule has 152 valence electrons. The Bertz CT molecular complexity index is 930. The lowest BCUT2D eigenvalue weighted by molar-refractivity contribution is -0.0576. The van der Waals surface area contributed by atoms with Crippen molar-refractivity contribution < 1.29 is 27.5 Å². The number of aryl methyl sites for hydroxylation is 2. The van der Waals surface area contributed by atoms with E-state index in [1.807, 2.05) is 0 Å². The molecule has 6 nitrogen and oxygen atoms in total. The maximum atomic E-state index is 14.6. The van der Waals surface area contributed by atoms with Crippen LogP contribution in [-0.2, 0) is 16.6 Å². The average Bonchev–Trinajstić information content (AvgIpc) is 2.89. The summed E-state index contributed by atoms with van der Waals surface area (Å²) in [5.41, 5.74) is 1.11. The SMILES string of the molecule is CO/N=C(OC)/C(Cl)=C\c1cc(-c2nn(C)c(OC(F)F)c2F)c(C)cc1Cl. The first-order chi connectivity index (χ1) is 13.2. The van der Waals surface area contributed by atoms with Crippen LogP contribution in [0.3, 0.4) is 0 Å². The lowest BCUT2D eigenvalue weighted by Gasteiger charge is -2.08. The Balaban J connectivity index is 2.57. The van der Waals surface area contributed by atoms with Gasteiger partial charge in [0.15, 0.2) is 0 Å². The van der Waals surface area contributed by atoms with E-state index in [0.29, 0.717) is 21.7 Å². The number of methoxy groups -OCH3 is 1.